The van der Waals surface area contributed by atoms with Crippen molar-refractivity contribution in [3.63, 3.8) is 0 Å². The summed E-state index contributed by atoms with van der Waals surface area (Å²) in [6, 6.07) is 75.8. The van der Waals surface area contributed by atoms with E-state index in [1.54, 1.807) is 0 Å². The van der Waals surface area contributed by atoms with Crippen LogP contribution in [0.25, 0.3) is 89.2 Å². The summed E-state index contributed by atoms with van der Waals surface area (Å²) in [5, 5.41) is 2.54. The number of nitrogens with zero attached hydrogens (tertiary/aromatic N) is 2. The van der Waals surface area contributed by atoms with Crippen molar-refractivity contribution >= 4 is 10.8 Å². The van der Waals surface area contributed by atoms with E-state index in [2.05, 4.69) is 220 Å². The molecule has 0 N–H and O–H groups in total. The lowest BCUT2D eigenvalue weighted by molar-refractivity contribution is 0.661. The summed E-state index contributed by atoms with van der Waals surface area (Å²) in [5.74, 6) is 0.708. The van der Waals surface area contributed by atoms with Crippen LogP contribution < -0.4 is 0 Å². The molecule has 62 heavy (non-hydrogen) atoms. The molecule has 1 spiro atoms. The molecule has 290 valence electrons. The number of hydrogen-bond donors (Lipinski definition) is 0. The van der Waals surface area contributed by atoms with Gasteiger partial charge in [-0.1, -0.05) is 196 Å². The number of aromatic nitrogens is 2. The number of rotatable bonds is 4. The summed E-state index contributed by atoms with van der Waals surface area (Å²) in [5.41, 5.74) is 22.6. The zero-order chi connectivity index (χ0) is 41.2. The Bertz CT molecular complexity index is 3460. The number of benzene rings is 9. The average Bonchev–Trinajstić information content (AvgIpc) is 3.89. The Kier molecular flexibility index (Phi) is 7.31. The standard InChI is InChI=1S/C60H40N2/c1-59(2)53-30-16-26-46(57(53)48-33-38-19-6-7-20-39(38)35-54(48)59)41-21-8-9-25-45(41)56-36-55(61-58(62-56)37-17-4-3-5-18-37)40-31-32-52-47(34-40)44-24-12-15-29-51(44)60(52)49-27-13-10-22-42(49)43-23-11-14-28-50(43)60/h3-36H,1-2H3. The van der Waals surface area contributed by atoms with Gasteiger partial charge in [-0.05, 0) is 113 Å². The maximum atomic E-state index is 5.40. The highest BCUT2D eigenvalue weighted by Crippen LogP contribution is 2.63. The summed E-state index contributed by atoms with van der Waals surface area (Å²) >= 11 is 0. The number of fused-ring (bicyclic) bond motifs is 14. The fourth-order valence-corrected chi connectivity index (χ4v) is 11.3. The van der Waals surface area contributed by atoms with Gasteiger partial charge in [-0.3, -0.25) is 0 Å². The van der Waals surface area contributed by atoms with Gasteiger partial charge in [-0.2, -0.15) is 0 Å². The van der Waals surface area contributed by atoms with Crippen molar-refractivity contribution in [3.05, 3.63) is 240 Å². The molecule has 0 bridgehead atoms. The third kappa shape index (κ3) is 4.75. The first-order valence-electron chi connectivity index (χ1n) is 21.7. The molecule has 10 aromatic rings. The predicted octanol–water partition coefficient (Wildman–Crippen LogP) is 14.9. The second kappa shape index (κ2) is 12.9. The molecule has 0 unspecified atom stereocenters. The SMILES string of the molecule is CC1(C)c2cc3ccccc3cc2-c2c(-c3ccccc3-c3cc(-c4ccc5c(c4)-c4ccccc4C54c5ccccc5-c5ccccc54)nc(-c4ccccc4)n3)cccc21. The maximum absolute atomic E-state index is 5.40. The van der Waals surface area contributed by atoms with E-state index in [1.807, 2.05) is 0 Å². The predicted molar refractivity (Wildman–Crippen MR) is 255 cm³/mol. The van der Waals surface area contributed by atoms with Crippen LogP contribution in [0.3, 0.4) is 0 Å². The van der Waals surface area contributed by atoms with Crippen molar-refractivity contribution in [3.8, 4) is 78.4 Å². The van der Waals surface area contributed by atoms with Crippen molar-refractivity contribution < 1.29 is 0 Å². The maximum Gasteiger partial charge on any atom is 0.160 e. The quantitative estimate of drug-likeness (QED) is 0.177. The molecular formula is C60H40N2. The molecule has 3 aliphatic carbocycles. The van der Waals surface area contributed by atoms with Crippen molar-refractivity contribution in [1.29, 1.82) is 0 Å². The lowest BCUT2D eigenvalue weighted by Gasteiger charge is -2.30. The average molecular weight is 789 g/mol. The molecule has 0 radical (unpaired) electrons. The molecule has 1 aromatic heterocycles. The minimum absolute atomic E-state index is 0.143. The molecule has 0 aliphatic heterocycles. The van der Waals surface area contributed by atoms with E-state index >= 15 is 0 Å². The Morgan fingerprint density at radius 1 is 0.306 bits per heavy atom. The lowest BCUT2D eigenvalue weighted by Crippen LogP contribution is -2.25. The molecular weight excluding hydrogens is 749 g/mol. The molecule has 2 heteroatoms. The van der Waals surface area contributed by atoms with Crippen molar-refractivity contribution in [2.75, 3.05) is 0 Å². The van der Waals surface area contributed by atoms with Crippen LogP contribution in [-0.4, -0.2) is 9.97 Å². The van der Waals surface area contributed by atoms with Crippen LogP contribution in [0.4, 0.5) is 0 Å². The molecule has 0 saturated carbocycles. The van der Waals surface area contributed by atoms with Gasteiger partial charge in [-0.15, -0.1) is 0 Å². The van der Waals surface area contributed by atoms with Gasteiger partial charge in [0.15, 0.2) is 5.82 Å². The fraction of sp³-hybridized carbons (Fsp3) is 0.0667. The monoisotopic (exact) mass is 788 g/mol. The molecule has 0 saturated heterocycles. The van der Waals surface area contributed by atoms with Gasteiger partial charge in [0.25, 0.3) is 0 Å². The van der Waals surface area contributed by atoms with Crippen molar-refractivity contribution in [2.45, 2.75) is 24.7 Å². The minimum atomic E-state index is -0.391. The Morgan fingerprint density at radius 3 is 1.52 bits per heavy atom. The minimum Gasteiger partial charge on any atom is -0.228 e. The smallest absolute Gasteiger partial charge is 0.160 e. The molecule has 1 heterocycles. The van der Waals surface area contributed by atoms with Gasteiger partial charge in [0.05, 0.1) is 16.8 Å². The molecule has 3 aliphatic rings. The van der Waals surface area contributed by atoms with Crippen LogP contribution in [0.1, 0.15) is 47.2 Å². The second-order valence-electron chi connectivity index (χ2n) is 17.6. The first kappa shape index (κ1) is 35.1. The lowest BCUT2D eigenvalue weighted by atomic mass is 9.70. The third-order valence-electron chi connectivity index (χ3n) is 14.1. The van der Waals surface area contributed by atoms with Crippen LogP contribution in [0, 0.1) is 0 Å². The van der Waals surface area contributed by atoms with Gasteiger partial charge in [0.1, 0.15) is 0 Å². The van der Waals surface area contributed by atoms with Crippen LogP contribution in [0.2, 0.25) is 0 Å². The molecule has 13 rings (SSSR count). The van der Waals surface area contributed by atoms with E-state index in [-0.39, 0.29) is 5.41 Å². The largest absolute Gasteiger partial charge is 0.228 e. The molecule has 0 atom stereocenters. The summed E-state index contributed by atoms with van der Waals surface area (Å²) in [4.78, 5) is 10.8. The van der Waals surface area contributed by atoms with E-state index in [1.165, 1.54) is 83.1 Å². The Labute approximate surface area is 361 Å². The van der Waals surface area contributed by atoms with Gasteiger partial charge >= 0.3 is 0 Å². The zero-order valence-corrected chi connectivity index (χ0v) is 34.5. The normalized spacial score (nSPS) is 14.2. The van der Waals surface area contributed by atoms with Gasteiger partial charge in [0, 0.05) is 22.1 Å². The van der Waals surface area contributed by atoms with Gasteiger partial charge in [-0.25, -0.2) is 9.97 Å². The van der Waals surface area contributed by atoms with Crippen LogP contribution >= 0.6 is 0 Å². The fourth-order valence-electron chi connectivity index (χ4n) is 11.3. The van der Waals surface area contributed by atoms with Crippen molar-refractivity contribution in [2.24, 2.45) is 0 Å². The topological polar surface area (TPSA) is 25.8 Å². The Morgan fingerprint density at radius 2 is 0.823 bits per heavy atom. The molecule has 0 amide bonds. The first-order valence-corrected chi connectivity index (χ1v) is 21.7. The van der Waals surface area contributed by atoms with E-state index in [9.17, 15) is 0 Å². The van der Waals surface area contributed by atoms with Crippen LogP contribution in [0.15, 0.2) is 206 Å². The van der Waals surface area contributed by atoms with E-state index in [4.69, 9.17) is 9.97 Å². The van der Waals surface area contributed by atoms with E-state index in [0.29, 0.717) is 5.82 Å². The van der Waals surface area contributed by atoms with Gasteiger partial charge < -0.3 is 0 Å². The zero-order valence-electron chi connectivity index (χ0n) is 34.5. The number of hydrogen-bond acceptors (Lipinski definition) is 2. The second-order valence-corrected chi connectivity index (χ2v) is 17.6. The van der Waals surface area contributed by atoms with Gasteiger partial charge in [0.2, 0.25) is 0 Å². The highest BCUT2D eigenvalue weighted by atomic mass is 14.9. The first-order chi connectivity index (χ1) is 30.5. The van der Waals surface area contributed by atoms with Crippen molar-refractivity contribution in [1.82, 2.24) is 9.97 Å². The Balaban J connectivity index is 1.02. The third-order valence-corrected chi connectivity index (χ3v) is 14.1. The molecule has 9 aromatic carbocycles. The molecule has 2 nitrogen and oxygen atoms in total. The summed E-state index contributed by atoms with van der Waals surface area (Å²) in [6.07, 6.45) is 0. The summed E-state index contributed by atoms with van der Waals surface area (Å²) < 4.78 is 0. The molecule has 0 fully saturated rings. The summed E-state index contributed by atoms with van der Waals surface area (Å²) in [7, 11) is 0. The van der Waals surface area contributed by atoms with E-state index in [0.717, 1.165) is 33.6 Å². The van der Waals surface area contributed by atoms with Crippen LogP contribution in [0.5, 0.6) is 0 Å². The highest BCUT2D eigenvalue weighted by molar-refractivity contribution is 6.01. The Hall–Kier alpha value is -7.68. The summed E-state index contributed by atoms with van der Waals surface area (Å²) in [6.45, 7) is 4.73. The van der Waals surface area contributed by atoms with Crippen LogP contribution in [-0.2, 0) is 10.8 Å². The van der Waals surface area contributed by atoms with E-state index < -0.39 is 5.41 Å². The highest BCUT2D eigenvalue weighted by Gasteiger charge is 2.51.